The van der Waals surface area contributed by atoms with E-state index in [1.807, 2.05) is 71.0 Å². The Bertz CT molecular complexity index is 2550. The van der Waals surface area contributed by atoms with Gasteiger partial charge in [-0.2, -0.15) is 18.9 Å². The standard InChI is InChI=1S/C45H47F2N9O4/c1-26-22-30(10-15-34(26)27(2)49-41(59)42-51-43(54-60-42)44(3,4)5)38-36-23-31(24-48-39(36)53-52-38)28-8-13-33(14-9-28)56-20-18-55(19-21-56)25-45(46,47)32-11-6-29(7-12-32)35-16-17-37(57)50-40(35)58/h6-15,22-24,27,35H,16-21,25H2,1-5H3,(H,49,59)(H,48,52,53)(H,50,57,58)/t27-,35?/m1/s1. The first-order valence-corrected chi connectivity index (χ1v) is 20.1. The third kappa shape index (κ3) is 8.39. The molecule has 13 nitrogen and oxygen atoms in total. The number of aromatic nitrogens is 5. The van der Waals surface area contributed by atoms with Crippen LogP contribution >= 0.6 is 0 Å². The van der Waals surface area contributed by atoms with Gasteiger partial charge < -0.3 is 14.7 Å². The van der Waals surface area contributed by atoms with Crippen molar-refractivity contribution in [2.24, 2.45) is 0 Å². The van der Waals surface area contributed by atoms with Crippen molar-refractivity contribution < 1.29 is 27.7 Å². The summed E-state index contributed by atoms with van der Waals surface area (Å²) in [5.41, 5.74) is 7.40. The maximum atomic E-state index is 15.4. The van der Waals surface area contributed by atoms with E-state index in [4.69, 9.17) is 4.52 Å². The van der Waals surface area contributed by atoms with Crippen LogP contribution < -0.4 is 15.5 Å². The topological polar surface area (TPSA) is 162 Å². The Morgan fingerprint density at radius 3 is 2.33 bits per heavy atom. The van der Waals surface area contributed by atoms with Gasteiger partial charge in [0.15, 0.2) is 11.5 Å². The van der Waals surface area contributed by atoms with Crippen LogP contribution in [0.15, 0.2) is 83.5 Å². The summed E-state index contributed by atoms with van der Waals surface area (Å²) in [6, 6.07) is 21.9. The van der Waals surface area contributed by atoms with Gasteiger partial charge in [0, 0.05) is 72.0 Å². The van der Waals surface area contributed by atoms with Gasteiger partial charge in [0.1, 0.15) is 0 Å². The Kier molecular flexibility index (Phi) is 10.8. The maximum Gasteiger partial charge on any atom is 0.315 e. The number of pyridine rings is 1. The van der Waals surface area contributed by atoms with Crippen molar-refractivity contribution >= 4 is 34.4 Å². The van der Waals surface area contributed by atoms with Crippen LogP contribution in [0, 0.1) is 6.92 Å². The number of aromatic amines is 1. The lowest BCUT2D eigenvalue weighted by atomic mass is 9.89. The van der Waals surface area contributed by atoms with Gasteiger partial charge in [0.2, 0.25) is 11.8 Å². The molecule has 8 rings (SSSR count). The number of carbonyl (C=O) groups excluding carboxylic acids is 3. The highest BCUT2D eigenvalue weighted by atomic mass is 19.3. The number of nitrogens with one attached hydrogen (secondary N) is 3. The number of H-pyrrole nitrogens is 1. The Labute approximate surface area is 346 Å². The Hall–Kier alpha value is -6.35. The molecule has 3 aromatic carbocycles. The maximum absolute atomic E-state index is 15.4. The van der Waals surface area contributed by atoms with Crippen LogP contribution in [0.2, 0.25) is 0 Å². The van der Waals surface area contributed by atoms with Crippen molar-refractivity contribution in [2.45, 2.75) is 70.8 Å². The largest absolute Gasteiger partial charge is 0.369 e. The number of halogens is 2. The predicted octanol–water partition coefficient (Wildman–Crippen LogP) is 7.21. The summed E-state index contributed by atoms with van der Waals surface area (Å²) >= 11 is 0. The average Bonchev–Trinajstić information content (AvgIpc) is 3.90. The normalized spacial score (nSPS) is 17.2. The number of alkyl halides is 2. The van der Waals surface area contributed by atoms with Gasteiger partial charge in [0.05, 0.1) is 24.2 Å². The molecule has 15 heteroatoms. The second kappa shape index (κ2) is 16.0. The smallest absolute Gasteiger partial charge is 0.315 e. The fourth-order valence-corrected chi connectivity index (χ4v) is 7.92. The molecule has 2 fully saturated rings. The minimum atomic E-state index is -3.06. The number of aryl methyl sites for hydroxylation is 1. The minimum absolute atomic E-state index is 0.0711. The molecule has 5 heterocycles. The van der Waals surface area contributed by atoms with Crippen LogP contribution in [0.5, 0.6) is 0 Å². The SMILES string of the molecule is Cc1cc(-c2[nH]nc3ncc(-c4ccc(N5CCN(CC(F)(F)c6ccc(C7CCC(=O)NC7=O)cc6)CC5)cc4)cc23)ccc1[C@@H](C)NC(=O)c1nc(C(C)(C)C)no1. The number of benzene rings is 3. The van der Waals surface area contributed by atoms with Crippen LogP contribution in [-0.4, -0.2) is 80.7 Å². The van der Waals surface area contributed by atoms with Gasteiger partial charge in [-0.15, -0.1) is 0 Å². The van der Waals surface area contributed by atoms with E-state index in [9.17, 15) is 14.4 Å². The summed E-state index contributed by atoms with van der Waals surface area (Å²) in [6.07, 6.45) is 2.41. The molecule has 3 amide bonds. The molecule has 3 N–H and O–H groups in total. The fourth-order valence-electron chi connectivity index (χ4n) is 7.92. The van der Waals surface area contributed by atoms with Gasteiger partial charge in [-0.1, -0.05) is 74.5 Å². The Balaban J connectivity index is 0.883. The van der Waals surface area contributed by atoms with E-state index in [1.165, 1.54) is 12.1 Å². The van der Waals surface area contributed by atoms with Crippen LogP contribution in [0.3, 0.4) is 0 Å². The lowest BCUT2D eigenvalue weighted by Crippen LogP contribution is -2.49. The van der Waals surface area contributed by atoms with Crippen molar-refractivity contribution in [3.05, 3.63) is 113 Å². The molecule has 0 aliphatic carbocycles. The molecule has 0 spiro atoms. The second-order valence-electron chi connectivity index (χ2n) is 16.8. The minimum Gasteiger partial charge on any atom is -0.369 e. The molecule has 2 aliphatic rings. The number of piperidine rings is 1. The molecule has 0 bridgehead atoms. The molecule has 0 radical (unpaired) electrons. The van der Waals surface area contributed by atoms with Crippen molar-refractivity contribution in [3.63, 3.8) is 0 Å². The number of piperazine rings is 1. The van der Waals surface area contributed by atoms with E-state index >= 15 is 8.78 Å². The summed E-state index contributed by atoms with van der Waals surface area (Å²) in [6.45, 7) is 11.6. The molecule has 310 valence electrons. The average molecular weight is 816 g/mol. The van der Waals surface area contributed by atoms with Crippen molar-refractivity contribution in [3.8, 4) is 22.4 Å². The van der Waals surface area contributed by atoms with Gasteiger partial charge in [-0.25, -0.2) is 4.98 Å². The van der Waals surface area contributed by atoms with E-state index in [0.717, 1.165) is 44.6 Å². The first-order valence-electron chi connectivity index (χ1n) is 20.1. The monoisotopic (exact) mass is 815 g/mol. The third-order valence-corrected chi connectivity index (χ3v) is 11.4. The highest BCUT2D eigenvalue weighted by molar-refractivity contribution is 6.01. The van der Waals surface area contributed by atoms with Crippen molar-refractivity contribution in [2.75, 3.05) is 37.6 Å². The first-order chi connectivity index (χ1) is 28.6. The van der Waals surface area contributed by atoms with E-state index in [1.54, 1.807) is 23.2 Å². The number of hydrogen-bond donors (Lipinski definition) is 3. The zero-order valence-electron chi connectivity index (χ0n) is 34.2. The summed E-state index contributed by atoms with van der Waals surface area (Å²) < 4.78 is 36.1. The number of anilines is 1. The number of fused-ring (bicyclic) bond motifs is 1. The highest BCUT2D eigenvalue weighted by Gasteiger charge is 2.36. The van der Waals surface area contributed by atoms with E-state index in [-0.39, 0.29) is 41.1 Å². The van der Waals surface area contributed by atoms with Crippen LogP contribution in [0.4, 0.5) is 14.5 Å². The zero-order chi connectivity index (χ0) is 42.3. The lowest BCUT2D eigenvalue weighted by molar-refractivity contribution is -0.134. The van der Waals surface area contributed by atoms with Gasteiger partial charge in [0.25, 0.3) is 5.92 Å². The number of rotatable bonds is 10. The number of imide groups is 1. The van der Waals surface area contributed by atoms with E-state index in [0.29, 0.717) is 49.6 Å². The molecule has 6 aromatic rings. The van der Waals surface area contributed by atoms with Crippen LogP contribution in [0.25, 0.3) is 33.4 Å². The molecule has 2 saturated heterocycles. The Morgan fingerprint density at radius 1 is 0.950 bits per heavy atom. The molecule has 2 aliphatic heterocycles. The lowest BCUT2D eigenvalue weighted by Gasteiger charge is -2.37. The molecule has 0 saturated carbocycles. The quantitative estimate of drug-likeness (QED) is 0.121. The van der Waals surface area contributed by atoms with Gasteiger partial charge in [-0.05, 0) is 66.8 Å². The summed E-state index contributed by atoms with van der Waals surface area (Å²) in [5.74, 6) is -4.30. The molecular formula is C45H47F2N9O4. The first kappa shape index (κ1) is 40.4. The highest BCUT2D eigenvalue weighted by Crippen LogP contribution is 2.34. The zero-order valence-corrected chi connectivity index (χ0v) is 34.2. The van der Waals surface area contributed by atoms with E-state index in [2.05, 4.69) is 53.0 Å². The fraction of sp³-hybridized carbons (Fsp3) is 0.356. The van der Waals surface area contributed by atoms with Gasteiger partial charge >= 0.3 is 11.8 Å². The molecule has 3 aromatic heterocycles. The predicted molar refractivity (Wildman–Crippen MR) is 222 cm³/mol. The summed E-state index contributed by atoms with van der Waals surface area (Å²) in [5, 5.41) is 17.7. The van der Waals surface area contributed by atoms with Gasteiger partial charge in [-0.3, -0.25) is 29.7 Å². The number of amides is 3. The van der Waals surface area contributed by atoms with Crippen molar-refractivity contribution in [1.82, 2.24) is 40.9 Å². The van der Waals surface area contributed by atoms with Crippen molar-refractivity contribution in [1.29, 1.82) is 0 Å². The second-order valence-corrected chi connectivity index (χ2v) is 16.8. The Morgan fingerprint density at radius 2 is 1.67 bits per heavy atom. The van der Waals surface area contributed by atoms with Crippen LogP contribution in [0.1, 0.15) is 91.3 Å². The van der Waals surface area contributed by atoms with Crippen LogP contribution in [-0.2, 0) is 20.9 Å². The molecule has 60 heavy (non-hydrogen) atoms. The number of carbonyl (C=O) groups is 3. The molecule has 1 unspecified atom stereocenters. The summed E-state index contributed by atoms with van der Waals surface area (Å²) in [7, 11) is 0. The molecule has 2 atom stereocenters. The number of hydrogen-bond acceptors (Lipinski definition) is 10. The molecular weight excluding hydrogens is 769 g/mol. The third-order valence-electron chi connectivity index (χ3n) is 11.4. The summed E-state index contributed by atoms with van der Waals surface area (Å²) in [4.78, 5) is 49.5. The number of nitrogens with zero attached hydrogens (tertiary/aromatic N) is 6. The van der Waals surface area contributed by atoms with E-state index < -0.39 is 24.3 Å².